The Kier molecular flexibility index (Phi) is 5.07. The van der Waals surface area contributed by atoms with Crippen molar-refractivity contribution in [2.45, 2.75) is 32.6 Å². The van der Waals surface area contributed by atoms with Gasteiger partial charge in [0.05, 0.1) is 6.21 Å². The zero-order chi connectivity index (χ0) is 7.11. The number of Topliss-reactive ketones (excluding diaryl/α,β-unsaturated/α-hetero) is 1. The molecule has 0 saturated heterocycles. The van der Waals surface area contributed by atoms with Crippen molar-refractivity contribution < 1.29 is 4.79 Å². The third-order valence-electron chi connectivity index (χ3n) is 1.19. The Balaban J connectivity index is 3.07. The van der Waals surface area contributed by atoms with Crippen molar-refractivity contribution >= 4 is 12.0 Å². The van der Waals surface area contributed by atoms with Crippen molar-refractivity contribution in [3.05, 3.63) is 0 Å². The maximum atomic E-state index is 10.4. The van der Waals surface area contributed by atoms with Crippen LogP contribution >= 0.6 is 0 Å². The van der Waals surface area contributed by atoms with Gasteiger partial charge in [0.15, 0.2) is 5.78 Å². The summed E-state index contributed by atoms with van der Waals surface area (Å²) < 4.78 is 0. The van der Waals surface area contributed by atoms with E-state index < -0.39 is 0 Å². The quantitative estimate of drug-likeness (QED) is 0.444. The predicted octanol–water partition coefficient (Wildman–Crippen LogP) is 1.79. The van der Waals surface area contributed by atoms with Gasteiger partial charge in [0.2, 0.25) is 0 Å². The molecule has 0 aliphatic rings. The highest BCUT2D eigenvalue weighted by Crippen LogP contribution is 1.97. The SMILES string of the molecule is CCCCCC(=O)C=N. The molecule has 0 bridgehead atoms. The molecule has 0 spiro atoms. The Morgan fingerprint density at radius 1 is 1.56 bits per heavy atom. The molecule has 2 nitrogen and oxygen atoms in total. The summed E-state index contributed by atoms with van der Waals surface area (Å²) in [6.45, 7) is 2.09. The average Bonchev–Trinajstić information content (AvgIpc) is 1.89. The van der Waals surface area contributed by atoms with Crippen molar-refractivity contribution in [1.29, 1.82) is 5.41 Å². The fourth-order valence-electron chi connectivity index (χ4n) is 0.621. The summed E-state index contributed by atoms with van der Waals surface area (Å²) in [5.74, 6) is -0.0524. The number of hydrogen-bond donors (Lipinski definition) is 1. The van der Waals surface area contributed by atoms with Gasteiger partial charge < -0.3 is 5.41 Å². The molecule has 0 fully saturated rings. The van der Waals surface area contributed by atoms with Crippen LogP contribution in [0.25, 0.3) is 0 Å². The summed E-state index contributed by atoms with van der Waals surface area (Å²) in [5.41, 5.74) is 0. The number of unbranched alkanes of at least 4 members (excludes halogenated alkanes) is 2. The van der Waals surface area contributed by atoms with Crippen LogP contribution in [-0.4, -0.2) is 12.0 Å². The number of hydrogen-bond acceptors (Lipinski definition) is 2. The topological polar surface area (TPSA) is 40.9 Å². The molecule has 0 aromatic rings. The highest BCUT2D eigenvalue weighted by Gasteiger charge is 1.93. The molecule has 0 unspecified atom stereocenters. The van der Waals surface area contributed by atoms with Gasteiger partial charge >= 0.3 is 0 Å². The molecule has 2 heteroatoms. The van der Waals surface area contributed by atoms with Crippen molar-refractivity contribution in [2.24, 2.45) is 0 Å². The molecule has 0 atom stereocenters. The molecule has 0 heterocycles. The van der Waals surface area contributed by atoms with Crippen molar-refractivity contribution in [2.75, 3.05) is 0 Å². The Hall–Kier alpha value is -0.660. The zero-order valence-electron chi connectivity index (χ0n) is 5.81. The second-order valence-electron chi connectivity index (χ2n) is 2.07. The molecule has 52 valence electrons. The normalized spacial score (nSPS) is 9.00. The van der Waals surface area contributed by atoms with Crippen LogP contribution in [0, 0.1) is 5.41 Å². The molecule has 0 radical (unpaired) electrons. The fraction of sp³-hybridized carbons (Fsp3) is 0.714. The molecular formula is C7H13NO. The lowest BCUT2D eigenvalue weighted by Gasteiger charge is -1.91. The first-order valence-corrected chi connectivity index (χ1v) is 3.34. The van der Waals surface area contributed by atoms with Gasteiger partial charge in [-0.05, 0) is 6.42 Å². The van der Waals surface area contributed by atoms with Crippen molar-refractivity contribution in [1.82, 2.24) is 0 Å². The molecular weight excluding hydrogens is 114 g/mol. The molecule has 9 heavy (non-hydrogen) atoms. The van der Waals surface area contributed by atoms with Crippen LogP contribution in [0.3, 0.4) is 0 Å². The van der Waals surface area contributed by atoms with Crippen LogP contribution in [0.1, 0.15) is 32.6 Å². The van der Waals surface area contributed by atoms with Gasteiger partial charge in [-0.3, -0.25) is 4.79 Å². The van der Waals surface area contributed by atoms with E-state index >= 15 is 0 Å². The van der Waals surface area contributed by atoms with Crippen molar-refractivity contribution in [3.63, 3.8) is 0 Å². The predicted molar refractivity (Wildman–Crippen MR) is 37.9 cm³/mol. The third kappa shape index (κ3) is 5.21. The molecule has 0 aromatic heterocycles. The first kappa shape index (κ1) is 8.34. The van der Waals surface area contributed by atoms with Gasteiger partial charge in [-0.15, -0.1) is 0 Å². The zero-order valence-corrected chi connectivity index (χ0v) is 5.81. The number of carbonyl (C=O) groups excluding carboxylic acids is 1. The summed E-state index contributed by atoms with van der Waals surface area (Å²) in [6.07, 6.45) is 4.61. The fourth-order valence-corrected chi connectivity index (χ4v) is 0.621. The molecule has 0 aliphatic carbocycles. The summed E-state index contributed by atoms with van der Waals surface area (Å²) in [6, 6.07) is 0. The van der Waals surface area contributed by atoms with E-state index in [2.05, 4.69) is 6.92 Å². The van der Waals surface area contributed by atoms with Gasteiger partial charge in [-0.1, -0.05) is 19.8 Å². The summed E-state index contributed by atoms with van der Waals surface area (Å²) in [5, 5.41) is 6.57. The maximum Gasteiger partial charge on any atom is 0.173 e. The average molecular weight is 127 g/mol. The molecule has 0 amide bonds. The van der Waals surface area contributed by atoms with Crippen LogP contribution in [0.2, 0.25) is 0 Å². The highest BCUT2D eigenvalue weighted by atomic mass is 16.1. The van der Waals surface area contributed by atoms with Crippen molar-refractivity contribution in [3.8, 4) is 0 Å². The van der Waals surface area contributed by atoms with Gasteiger partial charge in [0, 0.05) is 6.42 Å². The highest BCUT2D eigenvalue weighted by molar-refractivity contribution is 6.26. The lowest BCUT2D eigenvalue weighted by Crippen LogP contribution is -1.96. The third-order valence-corrected chi connectivity index (χ3v) is 1.19. The van der Waals surface area contributed by atoms with Crippen LogP contribution in [0.5, 0.6) is 0 Å². The first-order valence-electron chi connectivity index (χ1n) is 3.34. The van der Waals surface area contributed by atoms with Crippen LogP contribution in [-0.2, 0) is 4.79 Å². The number of ketones is 1. The Labute approximate surface area is 55.8 Å². The van der Waals surface area contributed by atoms with E-state index in [1.54, 1.807) is 0 Å². The standard InChI is InChI=1S/C7H13NO/c1-2-3-4-5-7(9)6-8/h6,8H,2-5H2,1H3. The molecule has 0 aliphatic heterocycles. The Morgan fingerprint density at radius 2 is 2.22 bits per heavy atom. The largest absolute Gasteiger partial charge is 0.305 e. The minimum absolute atomic E-state index is 0.0524. The van der Waals surface area contributed by atoms with E-state index in [9.17, 15) is 4.79 Å². The minimum Gasteiger partial charge on any atom is -0.305 e. The first-order chi connectivity index (χ1) is 4.31. The van der Waals surface area contributed by atoms with Gasteiger partial charge in [-0.25, -0.2) is 0 Å². The second-order valence-corrected chi connectivity index (χ2v) is 2.07. The molecule has 0 saturated carbocycles. The Morgan fingerprint density at radius 3 is 2.67 bits per heavy atom. The minimum atomic E-state index is -0.0524. The van der Waals surface area contributed by atoms with E-state index in [1.165, 1.54) is 0 Å². The number of nitrogens with one attached hydrogen (secondary N) is 1. The molecule has 0 rings (SSSR count). The second kappa shape index (κ2) is 5.48. The summed E-state index contributed by atoms with van der Waals surface area (Å²) in [7, 11) is 0. The molecule has 0 aromatic carbocycles. The lowest BCUT2D eigenvalue weighted by atomic mass is 10.1. The Bertz CT molecular complexity index is 99.1. The van der Waals surface area contributed by atoms with Crippen LogP contribution < -0.4 is 0 Å². The van der Waals surface area contributed by atoms with E-state index in [4.69, 9.17) is 5.41 Å². The molecule has 1 N–H and O–H groups in total. The lowest BCUT2D eigenvalue weighted by molar-refractivity contribution is -0.112. The summed E-state index contributed by atoms with van der Waals surface area (Å²) in [4.78, 5) is 10.4. The van der Waals surface area contributed by atoms with E-state index in [0.717, 1.165) is 25.5 Å². The smallest absolute Gasteiger partial charge is 0.173 e. The maximum absolute atomic E-state index is 10.4. The van der Waals surface area contributed by atoms with E-state index in [-0.39, 0.29) is 5.78 Å². The van der Waals surface area contributed by atoms with Crippen LogP contribution in [0.4, 0.5) is 0 Å². The van der Waals surface area contributed by atoms with Gasteiger partial charge in [-0.2, -0.15) is 0 Å². The summed E-state index contributed by atoms with van der Waals surface area (Å²) >= 11 is 0. The van der Waals surface area contributed by atoms with E-state index in [0.29, 0.717) is 6.42 Å². The van der Waals surface area contributed by atoms with Crippen LogP contribution in [0.15, 0.2) is 0 Å². The van der Waals surface area contributed by atoms with Gasteiger partial charge in [0.25, 0.3) is 0 Å². The monoisotopic (exact) mass is 127 g/mol. The van der Waals surface area contributed by atoms with Gasteiger partial charge in [0.1, 0.15) is 0 Å². The van der Waals surface area contributed by atoms with E-state index in [1.807, 2.05) is 0 Å². The number of rotatable bonds is 5. The number of carbonyl (C=O) groups is 1.